The molecule has 1 saturated heterocycles. The third-order valence-corrected chi connectivity index (χ3v) is 5.93. The van der Waals surface area contributed by atoms with Crippen LogP contribution in [0.4, 0.5) is 10.1 Å². The molecule has 5 nitrogen and oxygen atoms in total. The lowest BCUT2D eigenvalue weighted by Gasteiger charge is -2.30. The Morgan fingerprint density at radius 1 is 1.14 bits per heavy atom. The minimum absolute atomic E-state index is 0.0173. The summed E-state index contributed by atoms with van der Waals surface area (Å²) in [4.78, 5) is 30.0. The second-order valence-corrected chi connectivity index (χ2v) is 7.93. The van der Waals surface area contributed by atoms with Gasteiger partial charge in [-0.25, -0.2) is 4.39 Å². The highest BCUT2D eigenvalue weighted by Gasteiger charge is 2.31. The first-order valence-electron chi connectivity index (χ1n) is 9.95. The molecule has 1 aromatic heterocycles. The van der Waals surface area contributed by atoms with Gasteiger partial charge in [0, 0.05) is 17.8 Å². The van der Waals surface area contributed by atoms with Gasteiger partial charge in [-0.3, -0.25) is 9.59 Å². The molecule has 6 heteroatoms. The van der Waals surface area contributed by atoms with Crippen molar-refractivity contribution in [2.75, 3.05) is 24.5 Å². The summed E-state index contributed by atoms with van der Waals surface area (Å²) in [6.45, 7) is 5.77. The Balaban J connectivity index is 1.67. The second-order valence-electron chi connectivity index (χ2n) is 7.93. The van der Waals surface area contributed by atoms with Crippen LogP contribution in [0.3, 0.4) is 0 Å². The number of carbonyl (C=O) groups is 1. The molecule has 148 valence electrons. The smallest absolute Gasteiger partial charge is 0.272 e. The van der Waals surface area contributed by atoms with Crippen LogP contribution in [0.15, 0.2) is 29.1 Å². The molecule has 1 aromatic carbocycles. The van der Waals surface area contributed by atoms with Gasteiger partial charge in [-0.1, -0.05) is 12.1 Å². The van der Waals surface area contributed by atoms with Crippen LogP contribution in [0.25, 0.3) is 0 Å². The molecule has 4 rings (SSSR count). The number of hydrogen-bond donors (Lipinski definition) is 2. The molecule has 0 aliphatic carbocycles. The van der Waals surface area contributed by atoms with E-state index in [-0.39, 0.29) is 17.4 Å². The Bertz CT molecular complexity index is 963. The quantitative estimate of drug-likeness (QED) is 0.855. The summed E-state index contributed by atoms with van der Waals surface area (Å²) in [5.41, 5.74) is 3.66. The van der Waals surface area contributed by atoms with Gasteiger partial charge >= 0.3 is 0 Å². The van der Waals surface area contributed by atoms with Crippen LogP contribution < -0.4 is 15.8 Å². The van der Waals surface area contributed by atoms with Crippen LogP contribution in [-0.2, 0) is 6.42 Å². The standard InChI is InChI=1S/C22H26FN3O2/c1-13-11-14(2)25-21(27)20(13)26-10-7-15-3-4-17(12-18(15)22(26)28)19(23)16-5-8-24-9-6-16/h3-4,11-12,16,19,24H,5-10H2,1-2H3,(H,25,27). The van der Waals surface area contributed by atoms with Gasteiger partial charge in [0.15, 0.2) is 0 Å². The lowest BCUT2D eigenvalue weighted by atomic mass is 9.87. The fourth-order valence-corrected chi connectivity index (χ4v) is 4.47. The van der Waals surface area contributed by atoms with Crippen LogP contribution in [-0.4, -0.2) is 30.5 Å². The van der Waals surface area contributed by atoms with E-state index in [1.54, 1.807) is 6.07 Å². The van der Waals surface area contributed by atoms with Gasteiger partial charge in [-0.2, -0.15) is 0 Å². The molecule has 1 atom stereocenters. The number of fused-ring (bicyclic) bond motifs is 1. The summed E-state index contributed by atoms with van der Waals surface area (Å²) in [5, 5.41) is 3.26. The normalized spacial score (nSPS) is 18.8. The molecule has 28 heavy (non-hydrogen) atoms. The predicted molar refractivity (Wildman–Crippen MR) is 108 cm³/mol. The van der Waals surface area contributed by atoms with E-state index in [1.165, 1.54) is 4.90 Å². The number of nitrogens with one attached hydrogen (secondary N) is 2. The number of amides is 1. The minimum atomic E-state index is -1.07. The molecule has 2 aliphatic rings. The van der Waals surface area contributed by atoms with Crippen LogP contribution in [0.2, 0.25) is 0 Å². The maximum atomic E-state index is 15.1. The topological polar surface area (TPSA) is 65.2 Å². The molecular formula is C22H26FN3O2. The summed E-state index contributed by atoms with van der Waals surface area (Å²) in [7, 11) is 0. The number of halogens is 1. The van der Waals surface area contributed by atoms with Gasteiger partial charge in [-0.05, 0) is 80.9 Å². The Labute approximate surface area is 164 Å². The van der Waals surface area contributed by atoms with E-state index < -0.39 is 6.17 Å². The lowest BCUT2D eigenvalue weighted by molar-refractivity contribution is 0.0979. The van der Waals surface area contributed by atoms with E-state index in [9.17, 15) is 9.59 Å². The van der Waals surface area contributed by atoms with E-state index in [2.05, 4.69) is 10.3 Å². The van der Waals surface area contributed by atoms with Crippen LogP contribution in [0.1, 0.15) is 51.8 Å². The Hall–Kier alpha value is -2.47. The van der Waals surface area contributed by atoms with Gasteiger partial charge in [0.2, 0.25) is 0 Å². The average Bonchev–Trinajstić information content (AvgIpc) is 2.69. The van der Waals surface area contributed by atoms with Crippen molar-refractivity contribution in [3.05, 3.63) is 62.6 Å². The highest BCUT2D eigenvalue weighted by molar-refractivity contribution is 6.08. The molecule has 3 heterocycles. The first-order chi connectivity index (χ1) is 13.5. The first kappa shape index (κ1) is 18.9. The molecule has 0 spiro atoms. The van der Waals surface area contributed by atoms with Crippen molar-refractivity contribution in [2.24, 2.45) is 5.92 Å². The molecule has 0 saturated carbocycles. The number of alkyl halides is 1. The van der Waals surface area contributed by atoms with E-state index in [4.69, 9.17) is 0 Å². The first-order valence-corrected chi connectivity index (χ1v) is 9.95. The zero-order chi connectivity index (χ0) is 19.8. The lowest BCUT2D eigenvalue weighted by Crippen LogP contribution is -2.41. The van der Waals surface area contributed by atoms with Crippen molar-refractivity contribution in [1.82, 2.24) is 10.3 Å². The summed E-state index contributed by atoms with van der Waals surface area (Å²) >= 11 is 0. The third kappa shape index (κ3) is 3.37. The van der Waals surface area contributed by atoms with Crippen LogP contribution in [0, 0.1) is 19.8 Å². The molecule has 2 aliphatic heterocycles. The SMILES string of the molecule is Cc1cc(C)c(N2CCc3ccc(C(F)C4CCNCC4)cc3C2=O)c(=O)[nH]1. The number of nitrogens with zero attached hydrogens (tertiary/aromatic N) is 1. The monoisotopic (exact) mass is 383 g/mol. The number of pyridine rings is 1. The van der Waals surface area contributed by atoms with Gasteiger partial charge < -0.3 is 15.2 Å². The zero-order valence-corrected chi connectivity index (χ0v) is 16.3. The van der Waals surface area contributed by atoms with Crippen molar-refractivity contribution in [3.63, 3.8) is 0 Å². The second kappa shape index (κ2) is 7.51. The minimum Gasteiger partial charge on any atom is -0.325 e. The fraction of sp³-hybridized carbons (Fsp3) is 0.455. The number of aryl methyl sites for hydroxylation is 2. The predicted octanol–water partition coefficient (Wildman–Crippen LogP) is 3.20. The number of anilines is 1. The van der Waals surface area contributed by atoms with E-state index in [1.807, 2.05) is 32.0 Å². The zero-order valence-electron chi connectivity index (χ0n) is 16.3. The maximum absolute atomic E-state index is 15.1. The number of benzene rings is 1. The molecule has 0 radical (unpaired) electrons. The van der Waals surface area contributed by atoms with E-state index in [0.29, 0.717) is 29.8 Å². The summed E-state index contributed by atoms with van der Waals surface area (Å²) in [5.74, 6) is -0.241. The largest absolute Gasteiger partial charge is 0.325 e. The van der Waals surface area contributed by atoms with Crippen molar-refractivity contribution >= 4 is 11.6 Å². The van der Waals surface area contributed by atoms with Crippen molar-refractivity contribution in [2.45, 2.75) is 39.3 Å². The Morgan fingerprint density at radius 3 is 2.61 bits per heavy atom. The molecule has 2 N–H and O–H groups in total. The number of piperidine rings is 1. The number of rotatable bonds is 3. The van der Waals surface area contributed by atoms with Crippen molar-refractivity contribution < 1.29 is 9.18 Å². The summed E-state index contributed by atoms with van der Waals surface area (Å²) in [6, 6.07) is 7.26. The third-order valence-electron chi connectivity index (χ3n) is 5.93. The fourth-order valence-electron chi connectivity index (χ4n) is 4.47. The highest BCUT2D eigenvalue weighted by atomic mass is 19.1. The average molecular weight is 383 g/mol. The summed E-state index contributed by atoms with van der Waals surface area (Å²) in [6.07, 6.45) is 1.19. The van der Waals surface area contributed by atoms with Crippen molar-refractivity contribution in [1.29, 1.82) is 0 Å². The number of H-pyrrole nitrogens is 1. The van der Waals surface area contributed by atoms with E-state index >= 15 is 4.39 Å². The Kier molecular flexibility index (Phi) is 5.06. The Morgan fingerprint density at radius 2 is 1.89 bits per heavy atom. The number of hydrogen-bond acceptors (Lipinski definition) is 3. The van der Waals surface area contributed by atoms with Gasteiger partial charge in [0.1, 0.15) is 11.9 Å². The number of aromatic nitrogens is 1. The molecule has 1 amide bonds. The highest BCUT2D eigenvalue weighted by Crippen LogP contribution is 2.34. The van der Waals surface area contributed by atoms with Crippen molar-refractivity contribution in [3.8, 4) is 0 Å². The number of carbonyl (C=O) groups excluding carboxylic acids is 1. The maximum Gasteiger partial charge on any atom is 0.272 e. The molecule has 1 unspecified atom stereocenters. The van der Waals surface area contributed by atoms with Crippen LogP contribution in [0.5, 0.6) is 0 Å². The number of aromatic amines is 1. The van der Waals surface area contributed by atoms with Gasteiger partial charge in [-0.15, -0.1) is 0 Å². The van der Waals surface area contributed by atoms with E-state index in [0.717, 1.165) is 42.8 Å². The molecule has 0 bridgehead atoms. The van der Waals surface area contributed by atoms with Gasteiger partial charge in [0.05, 0.1) is 0 Å². The summed E-state index contributed by atoms with van der Waals surface area (Å²) < 4.78 is 15.1. The van der Waals surface area contributed by atoms with Gasteiger partial charge in [0.25, 0.3) is 11.5 Å². The van der Waals surface area contributed by atoms with Crippen LogP contribution >= 0.6 is 0 Å². The molecule has 2 aromatic rings. The molecule has 1 fully saturated rings. The molecular weight excluding hydrogens is 357 g/mol.